The van der Waals surface area contributed by atoms with Crippen molar-refractivity contribution in [3.8, 4) is 11.5 Å². The van der Waals surface area contributed by atoms with Gasteiger partial charge in [-0.1, -0.05) is 12.1 Å². The fourth-order valence-corrected chi connectivity index (χ4v) is 3.50. The molecule has 0 saturated carbocycles. The molecule has 0 aliphatic rings. The van der Waals surface area contributed by atoms with Gasteiger partial charge in [0.15, 0.2) is 11.5 Å². The van der Waals surface area contributed by atoms with Crippen LogP contribution in [0.3, 0.4) is 0 Å². The van der Waals surface area contributed by atoms with Crippen molar-refractivity contribution in [2.45, 2.75) is 13.2 Å². The van der Waals surface area contributed by atoms with E-state index in [9.17, 15) is 13.6 Å². The van der Waals surface area contributed by atoms with Crippen molar-refractivity contribution in [3.05, 3.63) is 53.0 Å². The molecule has 5 nitrogen and oxygen atoms in total. The summed E-state index contributed by atoms with van der Waals surface area (Å²) in [5.74, 6) is -0.316. The van der Waals surface area contributed by atoms with Crippen LogP contribution in [0.2, 0.25) is 0 Å². The lowest BCUT2D eigenvalue weighted by Crippen LogP contribution is -2.26. The van der Waals surface area contributed by atoms with Gasteiger partial charge in [-0.2, -0.15) is 8.78 Å². The molecule has 136 valence electrons. The van der Waals surface area contributed by atoms with Crippen LogP contribution in [0, 0.1) is 0 Å². The third-order valence-electron chi connectivity index (χ3n) is 3.68. The predicted molar refractivity (Wildman–Crippen MR) is 95.0 cm³/mol. The summed E-state index contributed by atoms with van der Waals surface area (Å²) in [6.45, 7) is -2.62. The average molecular weight is 378 g/mol. The first-order valence-corrected chi connectivity index (χ1v) is 8.52. The average Bonchev–Trinajstić information content (AvgIpc) is 3.03. The molecule has 0 radical (unpaired) electrons. The summed E-state index contributed by atoms with van der Waals surface area (Å²) in [5.41, 5.74) is 1.20. The maximum atomic E-state index is 12.6. The third-order valence-corrected chi connectivity index (χ3v) is 4.71. The fraction of sp³-hybridized carbons (Fsp3) is 0.222. The highest BCUT2D eigenvalue weighted by Crippen LogP contribution is 2.30. The van der Waals surface area contributed by atoms with E-state index in [0.717, 1.165) is 15.2 Å². The van der Waals surface area contributed by atoms with Gasteiger partial charge in [-0.05, 0) is 30.3 Å². The Morgan fingerprint density at radius 3 is 2.69 bits per heavy atom. The molecule has 1 aromatic heterocycles. The standard InChI is InChI=1S/C18H16F2N2O3S/c1-22(10-16-21-12-5-3-4-6-15(12)26-16)17(23)11-7-8-13(25-18(19)20)14(9-11)24-2/h3-9,18H,10H2,1-2H3. The maximum Gasteiger partial charge on any atom is 0.387 e. The number of thiazole rings is 1. The van der Waals surface area contributed by atoms with Crippen LogP contribution in [0.5, 0.6) is 11.5 Å². The molecule has 0 aliphatic carbocycles. The van der Waals surface area contributed by atoms with Gasteiger partial charge >= 0.3 is 6.61 Å². The molecule has 0 N–H and O–H groups in total. The number of amides is 1. The van der Waals surface area contributed by atoms with Gasteiger partial charge in [-0.25, -0.2) is 4.98 Å². The summed E-state index contributed by atoms with van der Waals surface area (Å²) in [7, 11) is 2.98. The van der Waals surface area contributed by atoms with Crippen LogP contribution in [0.4, 0.5) is 8.78 Å². The number of halogens is 2. The second-order valence-electron chi connectivity index (χ2n) is 5.48. The number of benzene rings is 2. The monoisotopic (exact) mass is 378 g/mol. The number of alkyl halides is 2. The van der Waals surface area contributed by atoms with Crippen molar-refractivity contribution in [1.82, 2.24) is 9.88 Å². The zero-order valence-corrected chi connectivity index (χ0v) is 14.9. The Labute approximate surface area is 152 Å². The van der Waals surface area contributed by atoms with Gasteiger partial charge in [0.25, 0.3) is 5.91 Å². The zero-order chi connectivity index (χ0) is 18.7. The molecular weight excluding hydrogens is 362 g/mol. The van der Waals surface area contributed by atoms with E-state index < -0.39 is 6.61 Å². The van der Waals surface area contributed by atoms with Gasteiger partial charge in [0.1, 0.15) is 5.01 Å². The van der Waals surface area contributed by atoms with Gasteiger partial charge < -0.3 is 14.4 Å². The minimum Gasteiger partial charge on any atom is -0.493 e. The molecule has 26 heavy (non-hydrogen) atoms. The number of carbonyl (C=O) groups excluding carboxylic acids is 1. The molecule has 0 atom stereocenters. The number of fused-ring (bicyclic) bond motifs is 1. The van der Waals surface area contributed by atoms with Crippen molar-refractivity contribution in [3.63, 3.8) is 0 Å². The van der Waals surface area contributed by atoms with Crippen molar-refractivity contribution in [2.24, 2.45) is 0 Å². The first-order valence-electron chi connectivity index (χ1n) is 7.70. The number of aromatic nitrogens is 1. The van der Waals surface area contributed by atoms with E-state index in [1.807, 2.05) is 24.3 Å². The molecule has 3 rings (SSSR count). The molecule has 1 amide bonds. The topological polar surface area (TPSA) is 51.7 Å². The van der Waals surface area contributed by atoms with Crippen molar-refractivity contribution in [2.75, 3.05) is 14.2 Å². The SMILES string of the molecule is COc1cc(C(=O)N(C)Cc2nc3ccccc3s2)ccc1OC(F)F. The Bertz CT molecular complexity index is 897. The summed E-state index contributed by atoms with van der Waals surface area (Å²) in [6, 6.07) is 11.9. The van der Waals surface area contributed by atoms with Gasteiger partial charge in [0.05, 0.1) is 23.9 Å². The number of carbonyl (C=O) groups is 1. The van der Waals surface area contributed by atoms with Crippen LogP contribution in [0.15, 0.2) is 42.5 Å². The smallest absolute Gasteiger partial charge is 0.387 e. The maximum absolute atomic E-state index is 12.6. The highest BCUT2D eigenvalue weighted by Gasteiger charge is 2.18. The molecule has 0 bridgehead atoms. The predicted octanol–water partition coefficient (Wildman–Crippen LogP) is 4.18. The Morgan fingerprint density at radius 1 is 1.23 bits per heavy atom. The fourth-order valence-electron chi connectivity index (χ4n) is 2.48. The number of methoxy groups -OCH3 is 1. The lowest BCUT2D eigenvalue weighted by atomic mass is 10.1. The second kappa shape index (κ2) is 7.65. The molecule has 0 unspecified atom stereocenters. The summed E-state index contributed by atoms with van der Waals surface area (Å²) in [4.78, 5) is 18.6. The first kappa shape index (κ1) is 18.1. The number of para-hydroxylation sites is 1. The highest BCUT2D eigenvalue weighted by atomic mass is 32.1. The van der Waals surface area contributed by atoms with E-state index in [2.05, 4.69) is 9.72 Å². The summed E-state index contributed by atoms with van der Waals surface area (Å²) >= 11 is 1.52. The van der Waals surface area contributed by atoms with E-state index >= 15 is 0 Å². The number of hydrogen-bond acceptors (Lipinski definition) is 5. The first-order chi connectivity index (χ1) is 12.5. The molecule has 1 heterocycles. The van der Waals surface area contributed by atoms with Crippen LogP contribution in [0.1, 0.15) is 15.4 Å². The van der Waals surface area contributed by atoms with E-state index in [-0.39, 0.29) is 17.4 Å². The van der Waals surface area contributed by atoms with E-state index in [1.165, 1.54) is 41.5 Å². The molecule has 3 aromatic rings. The van der Waals surface area contributed by atoms with Gasteiger partial charge in [-0.15, -0.1) is 11.3 Å². The molecule has 8 heteroatoms. The minimum atomic E-state index is -2.97. The van der Waals surface area contributed by atoms with Crippen LogP contribution >= 0.6 is 11.3 Å². The van der Waals surface area contributed by atoms with Crippen molar-refractivity contribution < 1.29 is 23.0 Å². The van der Waals surface area contributed by atoms with E-state index in [4.69, 9.17) is 4.74 Å². The lowest BCUT2D eigenvalue weighted by Gasteiger charge is -2.17. The van der Waals surface area contributed by atoms with Gasteiger partial charge in [-0.3, -0.25) is 4.79 Å². The Hall–Kier alpha value is -2.74. The molecule has 0 spiro atoms. The third kappa shape index (κ3) is 3.91. The van der Waals surface area contributed by atoms with Crippen molar-refractivity contribution >= 4 is 27.5 Å². The summed E-state index contributed by atoms with van der Waals surface area (Å²) in [5, 5.41) is 0.812. The van der Waals surface area contributed by atoms with E-state index in [0.29, 0.717) is 12.1 Å². The molecular formula is C18H16F2N2O3S. The number of ether oxygens (including phenoxy) is 2. The highest BCUT2D eigenvalue weighted by molar-refractivity contribution is 7.18. The molecule has 2 aromatic carbocycles. The Balaban J connectivity index is 1.77. The van der Waals surface area contributed by atoms with Gasteiger partial charge in [0, 0.05) is 12.6 Å². The quantitative estimate of drug-likeness (QED) is 0.646. The van der Waals surface area contributed by atoms with Crippen molar-refractivity contribution in [1.29, 1.82) is 0 Å². The number of rotatable bonds is 6. The molecule has 0 saturated heterocycles. The number of nitrogens with zero attached hydrogens (tertiary/aromatic N) is 2. The molecule has 0 aliphatic heterocycles. The summed E-state index contributed by atoms with van der Waals surface area (Å²) < 4.78 is 35.3. The lowest BCUT2D eigenvalue weighted by molar-refractivity contribution is -0.0512. The Kier molecular flexibility index (Phi) is 5.32. The zero-order valence-electron chi connectivity index (χ0n) is 14.1. The summed E-state index contributed by atoms with van der Waals surface area (Å²) in [6.07, 6.45) is 0. The van der Waals surface area contributed by atoms with Crippen LogP contribution in [-0.2, 0) is 6.54 Å². The second-order valence-corrected chi connectivity index (χ2v) is 6.60. The van der Waals surface area contributed by atoms with Gasteiger partial charge in [0.2, 0.25) is 0 Å². The molecule has 0 fully saturated rings. The number of hydrogen-bond donors (Lipinski definition) is 0. The largest absolute Gasteiger partial charge is 0.493 e. The van der Waals surface area contributed by atoms with Crippen LogP contribution in [0.25, 0.3) is 10.2 Å². The van der Waals surface area contributed by atoms with Crippen LogP contribution in [-0.4, -0.2) is 36.6 Å². The normalized spacial score (nSPS) is 11.0. The van der Waals surface area contributed by atoms with E-state index in [1.54, 1.807) is 7.05 Å². The minimum absolute atomic E-state index is 0.0736. The van der Waals surface area contributed by atoms with Crippen LogP contribution < -0.4 is 9.47 Å². The Morgan fingerprint density at radius 2 is 2.00 bits per heavy atom.